The molecule has 3 heteroatoms. The molecule has 0 aliphatic rings. The maximum absolute atomic E-state index is 6.20. The Balaban J connectivity index is 1.61. The zero-order chi connectivity index (χ0) is 35.7. The monoisotopic (exact) mass is 692 g/mol. The second kappa shape index (κ2) is 31.8. The van der Waals surface area contributed by atoms with Gasteiger partial charge in [0.2, 0.25) is 0 Å². The van der Waals surface area contributed by atoms with Crippen molar-refractivity contribution in [1.29, 1.82) is 0 Å². The van der Waals surface area contributed by atoms with E-state index in [9.17, 15) is 0 Å². The zero-order valence-corrected chi connectivity index (χ0v) is 34.0. The summed E-state index contributed by atoms with van der Waals surface area (Å²) in [6.07, 6.45) is 43.7. The predicted molar refractivity (Wildman–Crippen MR) is 219 cm³/mol. The van der Waals surface area contributed by atoms with Crippen LogP contribution in [0.3, 0.4) is 0 Å². The van der Waals surface area contributed by atoms with Crippen LogP contribution >= 0.6 is 0 Å². The molecule has 0 saturated heterocycles. The van der Waals surface area contributed by atoms with Crippen molar-refractivity contribution in [2.24, 2.45) is 7.05 Å². The average molecular weight is 692 g/mol. The van der Waals surface area contributed by atoms with Crippen molar-refractivity contribution < 1.29 is 9.30 Å². The summed E-state index contributed by atoms with van der Waals surface area (Å²) in [6, 6.07) is 11.2. The third kappa shape index (κ3) is 24.3. The van der Waals surface area contributed by atoms with Gasteiger partial charge >= 0.3 is 0 Å². The molecule has 0 aliphatic heterocycles. The van der Waals surface area contributed by atoms with Crippen LogP contribution in [-0.4, -0.2) is 18.1 Å². The minimum Gasteiger partial charge on any atom is -0.494 e. The molecule has 0 N–H and O–H groups in total. The van der Waals surface area contributed by atoms with Gasteiger partial charge in [0.25, 0.3) is 0 Å². The van der Waals surface area contributed by atoms with E-state index in [2.05, 4.69) is 80.0 Å². The highest BCUT2D eigenvalue weighted by Gasteiger charge is 2.12. The zero-order valence-electron chi connectivity index (χ0n) is 34.0. The van der Waals surface area contributed by atoms with Crippen molar-refractivity contribution in [3.05, 3.63) is 59.4 Å². The van der Waals surface area contributed by atoms with Gasteiger partial charge in [0.05, 0.1) is 6.61 Å². The number of unbranched alkanes of at least 4 members (excludes halogenated alkanes) is 26. The van der Waals surface area contributed by atoms with Crippen LogP contribution in [0.4, 0.5) is 0 Å². The number of aromatic nitrogens is 1. The summed E-state index contributed by atoms with van der Waals surface area (Å²) in [5, 5.41) is 0. The van der Waals surface area contributed by atoms with Crippen LogP contribution in [0.2, 0.25) is 0 Å². The van der Waals surface area contributed by atoms with E-state index in [4.69, 9.17) is 4.74 Å². The van der Waals surface area contributed by atoms with Gasteiger partial charge < -0.3 is 4.74 Å². The smallest absolute Gasteiger partial charge is 0.173 e. The first kappa shape index (κ1) is 44.3. The molecule has 0 atom stereocenters. The van der Waals surface area contributed by atoms with E-state index in [1.54, 1.807) is 0 Å². The Labute approximate surface area is 312 Å². The molecule has 3 nitrogen and oxygen atoms in total. The molecule has 0 bridgehead atoms. The summed E-state index contributed by atoms with van der Waals surface area (Å²) < 4.78 is 8.38. The summed E-state index contributed by atoms with van der Waals surface area (Å²) in [5.41, 5.74) is 4.18. The third-order valence-electron chi connectivity index (χ3n) is 10.7. The van der Waals surface area contributed by atoms with E-state index in [-0.39, 0.29) is 0 Å². The molecular formula is C47H83N2O+. The minimum absolute atomic E-state index is 0.840. The molecule has 1 aromatic heterocycles. The lowest BCUT2D eigenvalue weighted by molar-refractivity contribution is -0.672. The Morgan fingerprint density at radius 2 is 1.00 bits per heavy atom. The first-order chi connectivity index (χ1) is 24.6. The fourth-order valence-electron chi connectivity index (χ4n) is 7.41. The summed E-state index contributed by atoms with van der Waals surface area (Å²) >= 11 is 0. The predicted octanol–water partition coefficient (Wildman–Crippen LogP) is 14.2. The molecule has 50 heavy (non-hydrogen) atoms. The average Bonchev–Trinajstić information content (AvgIpc) is 3.11. The maximum Gasteiger partial charge on any atom is 0.173 e. The largest absolute Gasteiger partial charge is 0.494 e. The normalized spacial score (nSPS) is 11.5. The summed E-state index contributed by atoms with van der Waals surface area (Å²) in [5.74, 6) is 1.04. The molecule has 0 saturated carbocycles. The highest BCUT2D eigenvalue weighted by molar-refractivity contribution is 5.34. The Kier molecular flexibility index (Phi) is 28.2. The second-order valence-electron chi connectivity index (χ2n) is 15.7. The van der Waals surface area contributed by atoms with Gasteiger partial charge in [0.15, 0.2) is 12.4 Å². The van der Waals surface area contributed by atoms with Gasteiger partial charge in [-0.25, -0.2) is 4.57 Å². The first-order valence-corrected chi connectivity index (χ1v) is 22.0. The van der Waals surface area contributed by atoms with Crippen LogP contribution in [-0.2, 0) is 20.1 Å². The molecular weight excluding hydrogens is 609 g/mol. The van der Waals surface area contributed by atoms with Crippen molar-refractivity contribution in [3.63, 3.8) is 0 Å². The standard InChI is InChI=1S/C47H83N2O/c1-5-7-9-11-13-15-17-19-21-23-25-27-29-31-38-49(42-45-34-33-37-48(4)41-45)43-46-35-36-47(40-44(46)3)50-39-32-30-28-26-24-22-20-18-16-14-12-10-8-6-2/h33-37,40-41H,5-32,38-39,42-43H2,1-4H3/q+1. The van der Waals surface area contributed by atoms with E-state index in [1.165, 1.54) is 196 Å². The summed E-state index contributed by atoms with van der Waals surface area (Å²) in [6.45, 7) is 10.9. The number of pyridine rings is 1. The van der Waals surface area contributed by atoms with E-state index >= 15 is 0 Å². The van der Waals surface area contributed by atoms with Crippen molar-refractivity contribution >= 4 is 0 Å². The van der Waals surface area contributed by atoms with Crippen LogP contribution in [0.1, 0.15) is 210 Å². The number of rotatable bonds is 35. The highest BCUT2D eigenvalue weighted by Crippen LogP contribution is 2.21. The number of nitrogens with zero attached hydrogens (tertiary/aromatic N) is 2. The van der Waals surface area contributed by atoms with Gasteiger partial charge in [-0.2, -0.15) is 0 Å². The Morgan fingerprint density at radius 1 is 0.540 bits per heavy atom. The van der Waals surface area contributed by atoms with E-state index < -0.39 is 0 Å². The fourth-order valence-corrected chi connectivity index (χ4v) is 7.41. The molecule has 0 fully saturated rings. The number of hydrogen-bond donors (Lipinski definition) is 0. The van der Waals surface area contributed by atoms with Crippen LogP contribution in [0.15, 0.2) is 42.7 Å². The van der Waals surface area contributed by atoms with E-state index in [0.29, 0.717) is 0 Å². The number of ether oxygens (including phenoxy) is 1. The van der Waals surface area contributed by atoms with Gasteiger partial charge in [-0.05, 0) is 55.6 Å². The molecule has 1 heterocycles. The molecule has 0 aliphatic carbocycles. The fraction of sp³-hybridized carbons (Fsp3) is 0.766. The Bertz CT molecular complexity index is 1040. The first-order valence-electron chi connectivity index (χ1n) is 22.0. The maximum atomic E-state index is 6.20. The van der Waals surface area contributed by atoms with Gasteiger partial charge in [-0.15, -0.1) is 0 Å². The van der Waals surface area contributed by atoms with Crippen LogP contribution in [0.5, 0.6) is 5.75 Å². The lowest BCUT2D eigenvalue weighted by Gasteiger charge is -2.23. The lowest BCUT2D eigenvalue weighted by Crippen LogP contribution is -2.30. The van der Waals surface area contributed by atoms with Gasteiger partial charge in [-0.3, -0.25) is 4.90 Å². The van der Waals surface area contributed by atoms with Crippen molar-refractivity contribution in [1.82, 2.24) is 4.90 Å². The van der Waals surface area contributed by atoms with Gasteiger partial charge in [0, 0.05) is 24.7 Å². The molecule has 0 spiro atoms. The lowest BCUT2D eigenvalue weighted by atomic mass is 10.0. The third-order valence-corrected chi connectivity index (χ3v) is 10.7. The van der Waals surface area contributed by atoms with Gasteiger partial charge in [0.1, 0.15) is 12.8 Å². The molecule has 0 radical (unpaired) electrons. The number of aryl methyl sites for hydroxylation is 2. The van der Waals surface area contributed by atoms with E-state index in [0.717, 1.165) is 32.0 Å². The Morgan fingerprint density at radius 3 is 1.46 bits per heavy atom. The number of hydrogen-bond acceptors (Lipinski definition) is 2. The van der Waals surface area contributed by atoms with Gasteiger partial charge in [-0.1, -0.05) is 187 Å². The molecule has 2 rings (SSSR count). The topological polar surface area (TPSA) is 16.4 Å². The van der Waals surface area contributed by atoms with Crippen LogP contribution < -0.4 is 9.30 Å². The quantitative estimate of drug-likeness (QED) is 0.0528. The summed E-state index contributed by atoms with van der Waals surface area (Å²) in [7, 11) is 2.13. The SMILES string of the molecule is CCCCCCCCCCCCCCCCOc1ccc(CN(CCCCCCCCCCCCCCCC)Cc2ccc[n+](C)c2)c(C)c1. The Hall–Kier alpha value is -1.87. The number of benzene rings is 1. The molecule has 0 unspecified atom stereocenters. The minimum atomic E-state index is 0.840. The van der Waals surface area contributed by atoms with Crippen LogP contribution in [0, 0.1) is 6.92 Å². The summed E-state index contributed by atoms with van der Waals surface area (Å²) in [4.78, 5) is 2.66. The molecule has 0 amide bonds. The van der Waals surface area contributed by atoms with Crippen molar-refractivity contribution in [2.75, 3.05) is 13.2 Å². The molecule has 1 aromatic carbocycles. The van der Waals surface area contributed by atoms with Crippen molar-refractivity contribution in [3.8, 4) is 5.75 Å². The molecule has 2 aromatic rings. The second-order valence-corrected chi connectivity index (χ2v) is 15.7. The van der Waals surface area contributed by atoms with Crippen molar-refractivity contribution in [2.45, 2.75) is 214 Å². The van der Waals surface area contributed by atoms with Crippen LogP contribution in [0.25, 0.3) is 0 Å². The molecule has 286 valence electrons. The highest BCUT2D eigenvalue weighted by atomic mass is 16.5. The van der Waals surface area contributed by atoms with E-state index in [1.807, 2.05) is 0 Å².